The topological polar surface area (TPSA) is 99.2 Å². The molecule has 0 spiro atoms. The van der Waals surface area contributed by atoms with Crippen LogP contribution in [0.2, 0.25) is 0 Å². The molecule has 0 bridgehead atoms. The zero-order chi connectivity index (χ0) is 16.3. The van der Waals surface area contributed by atoms with Gasteiger partial charge < -0.3 is 9.15 Å². The van der Waals surface area contributed by atoms with Gasteiger partial charge in [0.05, 0.1) is 43.2 Å². The van der Waals surface area contributed by atoms with E-state index in [-0.39, 0.29) is 18.4 Å². The molecule has 0 radical (unpaired) electrons. The quantitative estimate of drug-likeness (QED) is 0.812. The molecule has 126 valence electrons. The van der Waals surface area contributed by atoms with Crippen molar-refractivity contribution in [1.82, 2.24) is 19.7 Å². The van der Waals surface area contributed by atoms with Crippen LogP contribution in [-0.2, 0) is 27.9 Å². The van der Waals surface area contributed by atoms with Crippen LogP contribution >= 0.6 is 0 Å². The van der Waals surface area contributed by atoms with Crippen molar-refractivity contribution in [2.45, 2.75) is 39.0 Å². The van der Waals surface area contributed by atoms with Crippen molar-refractivity contribution >= 4 is 10.0 Å². The Morgan fingerprint density at radius 3 is 3.09 bits per heavy atom. The Hall–Kier alpha value is -1.71. The fraction of sp³-hybridized carbons (Fsp3) is 0.571. The van der Waals surface area contributed by atoms with Gasteiger partial charge in [-0.15, -0.1) is 5.10 Å². The third-order valence-corrected chi connectivity index (χ3v) is 5.19. The standard InChI is InChI=1S/C14H20N4O4S/c1-2-3-6-23(19,20)15-7-12-8-18-13(10-22-12)14(16-17-18)11-4-5-21-9-11/h4-5,9,12,15H,2-3,6-8,10H2,1H3. The van der Waals surface area contributed by atoms with Gasteiger partial charge in [0.2, 0.25) is 10.0 Å². The summed E-state index contributed by atoms with van der Waals surface area (Å²) >= 11 is 0. The molecular formula is C14H20N4O4S. The van der Waals surface area contributed by atoms with Crippen LogP contribution < -0.4 is 4.72 Å². The number of hydrogen-bond acceptors (Lipinski definition) is 6. The first-order chi connectivity index (χ1) is 11.1. The number of sulfonamides is 1. The van der Waals surface area contributed by atoms with E-state index < -0.39 is 10.0 Å². The van der Waals surface area contributed by atoms with Crippen LogP contribution in [-0.4, -0.2) is 41.8 Å². The zero-order valence-corrected chi connectivity index (χ0v) is 13.8. The number of unbranched alkanes of at least 4 members (excludes halogenated alkanes) is 1. The summed E-state index contributed by atoms with van der Waals surface area (Å²) in [5, 5.41) is 8.28. The van der Waals surface area contributed by atoms with Gasteiger partial charge in [-0.05, 0) is 12.5 Å². The summed E-state index contributed by atoms with van der Waals surface area (Å²) in [5.74, 6) is 0.148. The molecule has 2 aromatic heterocycles. The number of aromatic nitrogens is 3. The predicted octanol–water partition coefficient (Wildman–Crippen LogP) is 1.16. The van der Waals surface area contributed by atoms with Crippen molar-refractivity contribution < 1.29 is 17.6 Å². The van der Waals surface area contributed by atoms with E-state index in [0.717, 1.165) is 23.4 Å². The van der Waals surface area contributed by atoms with Gasteiger partial charge in [-0.2, -0.15) is 0 Å². The molecule has 0 fully saturated rings. The van der Waals surface area contributed by atoms with Crippen LogP contribution in [0.15, 0.2) is 23.0 Å². The molecule has 0 amide bonds. The predicted molar refractivity (Wildman–Crippen MR) is 83.0 cm³/mol. The fourth-order valence-corrected chi connectivity index (χ4v) is 3.69. The van der Waals surface area contributed by atoms with Crippen LogP contribution in [0, 0.1) is 0 Å². The number of ether oxygens (including phenoxy) is 1. The Balaban J connectivity index is 1.61. The molecular weight excluding hydrogens is 320 g/mol. The van der Waals surface area contributed by atoms with Crippen LogP contribution in [0.4, 0.5) is 0 Å². The van der Waals surface area contributed by atoms with Crippen molar-refractivity contribution in [1.29, 1.82) is 0 Å². The van der Waals surface area contributed by atoms with Gasteiger partial charge in [-0.1, -0.05) is 18.6 Å². The molecule has 3 heterocycles. The third kappa shape index (κ3) is 3.80. The van der Waals surface area contributed by atoms with Crippen molar-refractivity contribution in [3.8, 4) is 11.3 Å². The van der Waals surface area contributed by atoms with E-state index in [4.69, 9.17) is 9.15 Å². The van der Waals surface area contributed by atoms with Crippen LogP contribution in [0.3, 0.4) is 0 Å². The molecule has 1 aliphatic rings. The summed E-state index contributed by atoms with van der Waals surface area (Å²) in [6.07, 6.45) is 4.44. The molecule has 0 aromatic carbocycles. The van der Waals surface area contributed by atoms with Crippen molar-refractivity contribution in [3.05, 3.63) is 24.3 Å². The Morgan fingerprint density at radius 1 is 1.48 bits per heavy atom. The SMILES string of the molecule is CCCCS(=O)(=O)NCC1Cn2nnc(-c3ccoc3)c2CO1. The number of nitrogens with zero attached hydrogens (tertiary/aromatic N) is 3. The maximum Gasteiger partial charge on any atom is 0.211 e. The van der Waals surface area contributed by atoms with E-state index in [2.05, 4.69) is 15.0 Å². The lowest BCUT2D eigenvalue weighted by Crippen LogP contribution is -2.39. The largest absolute Gasteiger partial charge is 0.472 e. The average molecular weight is 340 g/mol. The molecule has 0 saturated carbocycles. The minimum absolute atomic E-state index is 0.148. The molecule has 1 atom stereocenters. The molecule has 1 N–H and O–H groups in total. The summed E-state index contributed by atoms with van der Waals surface area (Å²) in [4.78, 5) is 0. The maximum atomic E-state index is 11.8. The maximum absolute atomic E-state index is 11.8. The third-order valence-electron chi connectivity index (χ3n) is 3.76. The molecule has 1 aliphatic heterocycles. The summed E-state index contributed by atoms with van der Waals surface area (Å²) in [6.45, 7) is 3.02. The molecule has 9 heteroatoms. The normalized spacial score (nSPS) is 18.0. The molecule has 2 aromatic rings. The van der Waals surface area contributed by atoms with E-state index in [1.54, 1.807) is 17.2 Å². The van der Waals surface area contributed by atoms with Crippen LogP contribution in [0.5, 0.6) is 0 Å². The minimum atomic E-state index is -3.24. The van der Waals surface area contributed by atoms with E-state index in [9.17, 15) is 8.42 Å². The lowest BCUT2D eigenvalue weighted by atomic mass is 10.2. The average Bonchev–Trinajstić information content (AvgIpc) is 3.19. The van der Waals surface area contributed by atoms with E-state index in [1.807, 2.05) is 13.0 Å². The van der Waals surface area contributed by atoms with Crippen molar-refractivity contribution in [3.63, 3.8) is 0 Å². The number of furan rings is 1. The Kier molecular flexibility index (Phi) is 4.79. The van der Waals surface area contributed by atoms with Gasteiger partial charge in [0, 0.05) is 12.1 Å². The summed E-state index contributed by atoms with van der Waals surface area (Å²) in [7, 11) is -3.24. The Bertz CT molecular complexity index is 739. The van der Waals surface area contributed by atoms with E-state index >= 15 is 0 Å². The second-order valence-corrected chi connectivity index (χ2v) is 7.46. The van der Waals surface area contributed by atoms with Gasteiger partial charge in [0.15, 0.2) is 0 Å². The Morgan fingerprint density at radius 2 is 2.35 bits per heavy atom. The highest BCUT2D eigenvalue weighted by molar-refractivity contribution is 7.89. The summed E-state index contributed by atoms with van der Waals surface area (Å²) in [5.41, 5.74) is 2.46. The smallest absolute Gasteiger partial charge is 0.211 e. The monoisotopic (exact) mass is 340 g/mol. The number of fused-ring (bicyclic) bond motifs is 1. The first-order valence-electron chi connectivity index (χ1n) is 7.63. The lowest BCUT2D eigenvalue weighted by Gasteiger charge is -2.24. The van der Waals surface area contributed by atoms with Crippen LogP contribution in [0.25, 0.3) is 11.3 Å². The number of rotatable bonds is 7. The highest BCUT2D eigenvalue weighted by Gasteiger charge is 2.25. The van der Waals surface area contributed by atoms with Crippen LogP contribution in [0.1, 0.15) is 25.5 Å². The minimum Gasteiger partial charge on any atom is -0.472 e. The van der Waals surface area contributed by atoms with Crippen molar-refractivity contribution in [2.75, 3.05) is 12.3 Å². The van der Waals surface area contributed by atoms with Gasteiger partial charge >= 0.3 is 0 Å². The number of hydrogen-bond donors (Lipinski definition) is 1. The Labute approximate surface area is 134 Å². The van der Waals surface area contributed by atoms with Gasteiger partial charge in [0.1, 0.15) is 5.69 Å². The van der Waals surface area contributed by atoms with Gasteiger partial charge in [-0.3, -0.25) is 0 Å². The zero-order valence-electron chi connectivity index (χ0n) is 12.9. The lowest BCUT2D eigenvalue weighted by molar-refractivity contribution is 0.00432. The fourth-order valence-electron chi connectivity index (χ4n) is 2.44. The van der Waals surface area contributed by atoms with Gasteiger partial charge in [-0.25, -0.2) is 17.8 Å². The highest BCUT2D eigenvalue weighted by atomic mass is 32.2. The van der Waals surface area contributed by atoms with Crippen molar-refractivity contribution in [2.24, 2.45) is 0 Å². The van der Waals surface area contributed by atoms with E-state index in [1.165, 1.54) is 0 Å². The highest BCUT2D eigenvalue weighted by Crippen LogP contribution is 2.25. The van der Waals surface area contributed by atoms with E-state index in [0.29, 0.717) is 19.6 Å². The first-order valence-corrected chi connectivity index (χ1v) is 9.28. The molecule has 23 heavy (non-hydrogen) atoms. The first kappa shape index (κ1) is 16.2. The summed E-state index contributed by atoms with van der Waals surface area (Å²) in [6, 6.07) is 1.82. The molecule has 1 unspecified atom stereocenters. The number of nitrogens with one attached hydrogen (secondary N) is 1. The molecule has 0 saturated heterocycles. The molecule has 8 nitrogen and oxygen atoms in total. The summed E-state index contributed by atoms with van der Waals surface area (Å²) < 4.78 is 38.8. The van der Waals surface area contributed by atoms with Gasteiger partial charge in [0.25, 0.3) is 0 Å². The second kappa shape index (κ2) is 6.81. The second-order valence-electron chi connectivity index (χ2n) is 5.53. The molecule has 3 rings (SSSR count). The molecule has 0 aliphatic carbocycles.